The molecule has 3 heterocycles. The summed E-state index contributed by atoms with van der Waals surface area (Å²) in [5.74, 6) is 2.30. The molecule has 2 aliphatic heterocycles. The van der Waals surface area contributed by atoms with Crippen LogP contribution in [-0.4, -0.2) is 27.4 Å². The molecule has 2 saturated heterocycles. The predicted octanol–water partition coefficient (Wildman–Crippen LogP) is 2.40. The van der Waals surface area contributed by atoms with Gasteiger partial charge in [0.25, 0.3) is 0 Å². The second-order valence-corrected chi connectivity index (χ2v) is 5.95. The predicted molar refractivity (Wildman–Crippen MR) is 64.1 cm³/mol. The van der Waals surface area contributed by atoms with Crippen LogP contribution in [0.3, 0.4) is 0 Å². The molecule has 0 aliphatic carbocycles. The molecule has 5 heteroatoms. The van der Waals surface area contributed by atoms with Crippen LogP contribution in [0.2, 0.25) is 0 Å². The van der Waals surface area contributed by atoms with Crippen molar-refractivity contribution < 1.29 is 4.74 Å². The summed E-state index contributed by atoms with van der Waals surface area (Å²) in [6, 6.07) is 0. The van der Waals surface area contributed by atoms with Crippen molar-refractivity contribution in [3.8, 4) is 0 Å². The van der Waals surface area contributed by atoms with Crippen LogP contribution in [-0.2, 0) is 16.9 Å². The molecule has 2 aliphatic rings. The molecule has 0 aromatic carbocycles. The lowest BCUT2D eigenvalue weighted by atomic mass is 10.0. The van der Waals surface area contributed by atoms with Gasteiger partial charge in [0.05, 0.1) is 22.5 Å². The average molecular weight is 289 g/mol. The Bertz CT molecular complexity index is 395. The number of aromatic nitrogens is 2. The fourth-order valence-electron chi connectivity index (χ4n) is 2.35. The van der Waals surface area contributed by atoms with E-state index >= 15 is 0 Å². The third kappa shape index (κ3) is 1.40. The molecule has 3 rings (SSSR count). The van der Waals surface area contributed by atoms with Gasteiger partial charge < -0.3 is 4.74 Å². The lowest BCUT2D eigenvalue weighted by Crippen LogP contribution is -2.25. The Hall–Kier alpha value is -0.0000000000000000763. The first kappa shape index (κ1) is 10.2. The Morgan fingerprint density at radius 2 is 2.67 bits per heavy atom. The first-order valence-electron chi connectivity index (χ1n) is 5.25. The van der Waals surface area contributed by atoms with Crippen LogP contribution in [0.4, 0.5) is 0 Å². The Balaban J connectivity index is 2.01. The van der Waals surface area contributed by atoms with Crippen molar-refractivity contribution in [3.63, 3.8) is 0 Å². The number of nitrogens with zero attached hydrogens (tertiary/aromatic N) is 2. The standard InChI is InChI=1S/C10H13BrN2OS/c1-2-13-9(7(11)5-12-13)10-6-15-4-3-8(10)14-10/h5,8H,2-4,6H2,1H3/t8-,10-/m1/s1. The van der Waals surface area contributed by atoms with Crippen molar-refractivity contribution in [1.29, 1.82) is 0 Å². The minimum absolute atomic E-state index is 0.0335. The first-order chi connectivity index (χ1) is 7.28. The Morgan fingerprint density at radius 1 is 1.80 bits per heavy atom. The summed E-state index contributed by atoms with van der Waals surface area (Å²) >= 11 is 5.57. The number of rotatable bonds is 2. The average Bonchev–Trinajstić information content (AvgIpc) is 2.87. The van der Waals surface area contributed by atoms with Gasteiger partial charge in [0, 0.05) is 12.3 Å². The largest absolute Gasteiger partial charge is 0.358 e. The third-order valence-corrected chi connectivity index (χ3v) is 4.89. The number of ether oxygens (including phenoxy) is 1. The van der Waals surface area contributed by atoms with E-state index in [1.165, 1.54) is 17.9 Å². The molecule has 0 unspecified atom stereocenters. The van der Waals surface area contributed by atoms with E-state index in [0.717, 1.165) is 16.8 Å². The molecule has 15 heavy (non-hydrogen) atoms. The molecule has 82 valence electrons. The summed E-state index contributed by atoms with van der Waals surface area (Å²) in [7, 11) is 0. The molecule has 1 aromatic rings. The number of halogens is 1. The zero-order valence-corrected chi connectivity index (χ0v) is 11.0. The maximum Gasteiger partial charge on any atom is 0.146 e. The Morgan fingerprint density at radius 3 is 3.40 bits per heavy atom. The van der Waals surface area contributed by atoms with Crippen LogP contribution in [0, 0.1) is 0 Å². The summed E-state index contributed by atoms with van der Waals surface area (Å²) in [6.07, 6.45) is 3.48. The summed E-state index contributed by atoms with van der Waals surface area (Å²) in [6.45, 7) is 3.02. The van der Waals surface area contributed by atoms with Gasteiger partial charge in [0.15, 0.2) is 0 Å². The van der Waals surface area contributed by atoms with Gasteiger partial charge in [-0.25, -0.2) is 0 Å². The maximum atomic E-state index is 5.92. The van der Waals surface area contributed by atoms with Crippen molar-refractivity contribution in [1.82, 2.24) is 9.78 Å². The number of thioether (sulfide) groups is 1. The van der Waals surface area contributed by atoms with E-state index in [-0.39, 0.29) is 5.60 Å². The Labute approximate surface area is 102 Å². The smallest absolute Gasteiger partial charge is 0.146 e. The zero-order chi connectivity index (χ0) is 10.5. The molecule has 0 saturated carbocycles. The lowest BCUT2D eigenvalue weighted by molar-refractivity contribution is 0.304. The van der Waals surface area contributed by atoms with E-state index in [9.17, 15) is 0 Å². The van der Waals surface area contributed by atoms with Crippen LogP contribution in [0.5, 0.6) is 0 Å². The van der Waals surface area contributed by atoms with Crippen molar-refractivity contribution in [2.45, 2.75) is 31.6 Å². The van der Waals surface area contributed by atoms with Gasteiger partial charge >= 0.3 is 0 Å². The van der Waals surface area contributed by atoms with Gasteiger partial charge in [-0.2, -0.15) is 16.9 Å². The second kappa shape index (κ2) is 3.50. The monoisotopic (exact) mass is 288 g/mol. The third-order valence-electron chi connectivity index (χ3n) is 3.15. The van der Waals surface area contributed by atoms with Crippen LogP contribution in [0.1, 0.15) is 19.0 Å². The number of aryl methyl sites for hydroxylation is 1. The van der Waals surface area contributed by atoms with Crippen LogP contribution in [0.15, 0.2) is 10.7 Å². The van der Waals surface area contributed by atoms with Gasteiger partial charge in [-0.3, -0.25) is 4.68 Å². The van der Waals surface area contributed by atoms with Crippen molar-refractivity contribution in [2.24, 2.45) is 0 Å². The lowest BCUT2D eigenvalue weighted by Gasteiger charge is -2.18. The van der Waals surface area contributed by atoms with Crippen molar-refractivity contribution in [3.05, 3.63) is 16.4 Å². The van der Waals surface area contributed by atoms with Crippen molar-refractivity contribution >= 4 is 27.7 Å². The normalized spacial score (nSPS) is 33.9. The minimum Gasteiger partial charge on any atom is -0.358 e. The SMILES string of the molecule is CCn1ncc(Br)c1[C@@]12CSCC[C@H]1O2. The summed E-state index contributed by atoms with van der Waals surface area (Å²) in [5.41, 5.74) is 1.20. The summed E-state index contributed by atoms with van der Waals surface area (Å²) in [4.78, 5) is 0. The van der Waals surface area contributed by atoms with E-state index in [1.54, 1.807) is 0 Å². The Kier molecular flexibility index (Phi) is 2.37. The molecular weight excluding hydrogens is 276 g/mol. The van der Waals surface area contributed by atoms with Gasteiger partial charge in [0.2, 0.25) is 0 Å². The molecule has 0 N–H and O–H groups in total. The number of hydrogen-bond donors (Lipinski definition) is 0. The summed E-state index contributed by atoms with van der Waals surface area (Å²) in [5, 5.41) is 4.36. The highest BCUT2D eigenvalue weighted by Crippen LogP contribution is 2.54. The fourth-order valence-corrected chi connectivity index (χ4v) is 4.20. The van der Waals surface area contributed by atoms with E-state index in [4.69, 9.17) is 4.74 Å². The molecule has 0 amide bonds. The van der Waals surface area contributed by atoms with Crippen molar-refractivity contribution in [2.75, 3.05) is 11.5 Å². The first-order valence-corrected chi connectivity index (χ1v) is 7.20. The highest BCUT2D eigenvalue weighted by atomic mass is 79.9. The fraction of sp³-hybridized carbons (Fsp3) is 0.700. The van der Waals surface area contributed by atoms with Crippen LogP contribution in [0.25, 0.3) is 0 Å². The second-order valence-electron chi connectivity index (χ2n) is 3.99. The van der Waals surface area contributed by atoms with Gasteiger partial charge in [-0.1, -0.05) is 0 Å². The zero-order valence-electron chi connectivity index (χ0n) is 8.57. The summed E-state index contributed by atoms with van der Waals surface area (Å²) < 4.78 is 9.07. The molecule has 0 radical (unpaired) electrons. The maximum absolute atomic E-state index is 5.92. The van der Waals surface area contributed by atoms with Gasteiger partial charge in [-0.15, -0.1) is 0 Å². The molecule has 1 aromatic heterocycles. The highest BCUT2D eigenvalue weighted by molar-refractivity contribution is 9.10. The van der Waals surface area contributed by atoms with E-state index in [0.29, 0.717) is 6.10 Å². The minimum atomic E-state index is -0.0335. The molecular formula is C10H13BrN2OS. The van der Waals surface area contributed by atoms with E-state index < -0.39 is 0 Å². The topological polar surface area (TPSA) is 30.4 Å². The molecule has 3 nitrogen and oxygen atoms in total. The molecule has 0 spiro atoms. The highest BCUT2D eigenvalue weighted by Gasteiger charge is 2.61. The quantitative estimate of drug-likeness (QED) is 0.783. The van der Waals surface area contributed by atoms with E-state index in [1.807, 2.05) is 18.0 Å². The number of fused-ring (bicyclic) bond motifs is 1. The number of epoxide rings is 1. The molecule has 2 atom stereocenters. The molecule has 0 bridgehead atoms. The van der Waals surface area contributed by atoms with E-state index in [2.05, 4.69) is 32.6 Å². The molecule has 2 fully saturated rings. The van der Waals surface area contributed by atoms with Crippen LogP contribution < -0.4 is 0 Å². The van der Waals surface area contributed by atoms with Gasteiger partial charge in [-0.05, 0) is 35.0 Å². The number of hydrogen-bond acceptors (Lipinski definition) is 3. The van der Waals surface area contributed by atoms with Crippen LogP contribution >= 0.6 is 27.7 Å². The van der Waals surface area contributed by atoms with Gasteiger partial charge in [0.1, 0.15) is 5.60 Å².